The second-order valence-corrected chi connectivity index (χ2v) is 2.83. The first kappa shape index (κ1) is 10.5. The minimum absolute atomic E-state index is 0.0987. The van der Waals surface area contributed by atoms with Crippen molar-refractivity contribution in [1.82, 2.24) is 0 Å². The van der Waals surface area contributed by atoms with Crippen molar-refractivity contribution < 1.29 is 13.5 Å². The smallest absolute Gasteiger partial charge is 0.387 e. The molecule has 4 heteroatoms. The summed E-state index contributed by atoms with van der Waals surface area (Å²) >= 11 is 0. The molecule has 0 saturated carbocycles. The Hall–Kier alpha value is -1.58. The first-order chi connectivity index (χ1) is 6.54. The van der Waals surface area contributed by atoms with Crippen LogP contribution in [0.4, 0.5) is 14.5 Å². The normalized spacial score (nSPS) is 10.3. The Morgan fingerprint density at radius 3 is 2.64 bits per heavy atom. The molecule has 76 valence electrons. The minimum atomic E-state index is -2.82. The van der Waals surface area contributed by atoms with Crippen LogP contribution in [0.2, 0.25) is 0 Å². The van der Waals surface area contributed by atoms with Crippen LogP contribution in [-0.2, 0) is 0 Å². The number of aryl methyl sites for hydroxylation is 1. The molecule has 1 aromatic rings. The molecule has 0 bridgehead atoms. The van der Waals surface area contributed by atoms with Crippen molar-refractivity contribution in [2.75, 3.05) is 5.73 Å². The van der Waals surface area contributed by atoms with Gasteiger partial charge in [0.1, 0.15) is 5.75 Å². The number of alkyl halides is 2. The summed E-state index contributed by atoms with van der Waals surface area (Å²) in [5.74, 6) is 0.0987. The van der Waals surface area contributed by atoms with E-state index in [9.17, 15) is 8.78 Å². The van der Waals surface area contributed by atoms with Gasteiger partial charge in [0, 0.05) is 11.3 Å². The lowest BCUT2D eigenvalue weighted by molar-refractivity contribution is -0.0498. The van der Waals surface area contributed by atoms with Gasteiger partial charge in [-0.1, -0.05) is 12.7 Å². The Bertz CT molecular complexity index is 350. The summed E-state index contributed by atoms with van der Waals surface area (Å²) in [6.45, 7) is 2.43. The zero-order valence-corrected chi connectivity index (χ0v) is 7.76. The van der Waals surface area contributed by atoms with Crippen molar-refractivity contribution in [2.45, 2.75) is 13.5 Å². The average Bonchev–Trinajstić information content (AvgIpc) is 2.10. The molecule has 2 N–H and O–H groups in total. The fraction of sp³-hybridized carbons (Fsp3) is 0.200. The second-order valence-electron chi connectivity index (χ2n) is 2.83. The van der Waals surface area contributed by atoms with E-state index in [1.54, 1.807) is 6.92 Å². The van der Waals surface area contributed by atoms with E-state index >= 15 is 0 Å². The monoisotopic (exact) mass is 199 g/mol. The Balaban J connectivity index is 3.09. The zero-order valence-electron chi connectivity index (χ0n) is 7.76. The lowest BCUT2D eigenvalue weighted by atomic mass is 10.1. The standard InChI is InChI=1S/C10H11F2NO/c1-3-7-5-8(14-10(11)12)4-6(2)9(7)13/h3-5,10H,1,13H2,2H3. The van der Waals surface area contributed by atoms with Crippen molar-refractivity contribution in [3.63, 3.8) is 0 Å². The van der Waals surface area contributed by atoms with E-state index in [-0.39, 0.29) is 5.75 Å². The van der Waals surface area contributed by atoms with Gasteiger partial charge in [-0.05, 0) is 24.6 Å². The van der Waals surface area contributed by atoms with Crippen molar-refractivity contribution in [3.8, 4) is 5.75 Å². The number of halogens is 2. The molecule has 2 nitrogen and oxygen atoms in total. The molecule has 0 amide bonds. The quantitative estimate of drug-likeness (QED) is 0.759. The number of benzene rings is 1. The number of nitrogen functional groups attached to an aromatic ring is 1. The van der Waals surface area contributed by atoms with Crippen LogP contribution in [0.5, 0.6) is 5.75 Å². The minimum Gasteiger partial charge on any atom is -0.435 e. The van der Waals surface area contributed by atoms with Crippen LogP contribution in [0.1, 0.15) is 11.1 Å². The zero-order chi connectivity index (χ0) is 10.7. The van der Waals surface area contributed by atoms with Gasteiger partial charge in [0.15, 0.2) is 0 Å². The maximum Gasteiger partial charge on any atom is 0.387 e. The number of hydrogen-bond acceptors (Lipinski definition) is 2. The summed E-state index contributed by atoms with van der Waals surface area (Å²) in [5.41, 5.74) is 7.50. The van der Waals surface area contributed by atoms with Gasteiger partial charge in [-0.2, -0.15) is 8.78 Å². The Labute approximate surface area is 81.0 Å². The van der Waals surface area contributed by atoms with E-state index in [0.29, 0.717) is 16.8 Å². The third-order valence-corrected chi connectivity index (χ3v) is 1.84. The van der Waals surface area contributed by atoms with Gasteiger partial charge < -0.3 is 10.5 Å². The van der Waals surface area contributed by atoms with Crippen LogP contribution in [0.25, 0.3) is 6.08 Å². The summed E-state index contributed by atoms with van der Waals surface area (Å²) in [6, 6.07) is 2.90. The van der Waals surface area contributed by atoms with Crippen LogP contribution in [0, 0.1) is 6.92 Å². The highest BCUT2D eigenvalue weighted by Crippen LogP contribution is 2.26. The fourth-order valence-corrected chi connectivity index (χ4v) is 1.13. The lowest BCUT2D eigenvalue weighted by Crippen LogP contribution is -2.03. The van der Waals surface area contributed by atoms with E-state index in [1.807, 2.05) is 0 Å². The highest BCUT2D eigenvalue weighted by molar-refractivity contribution is 5.68. The molecule has 0 fully saturated rings. The Morgan fingerprint density at radius 1 is 1.50 bits per heavy atom. The molecule has 14 heavy (non-hydrogen) atoms. The van der Waals surface area contributed by atoms with Crippen molar-refractivity contribution in [2.24, 2.45) is 0 Å². The van der Waals surface area contributed by atoms with E-state index < -0.39 is 6.61 Å². The molecular weight excluding hydrogens is 188 g/mol. The summed E-state index contributed by atoms with van der Waals surface area (Å²) in [7, 11) is 0. The molecule has 0 radical (unpaired) electrons. The molecule has 0 aliphatic heterocycles. The molecule has 1 aromatic carbocycles. The first-order valence-electron chi connectivity index (χ1n) is 4.02. The Morgan fingerprint density at radius 2 is 2.14 bits per heavy atom. The van der Waals surface area contributed by atoms with Gasteiger partial charge in [-0.25, -0.2) is 0 Å². The largest absolute Gasteiger partial charge is 0.435 e. The summed E-state index contributed by atoms with van der Waals surface area (Å²) in [6.07, 6.45) is 1.50. The fourth-order valence-electron chi connectivity index (χ4n) is 1.13. The molecule has 0 aromatic heterocycles. The van der Waals surface area contributed by atoms with Crippen molar-refractivity contribution in [1.29, 1.82) is 0 Å². The van der Waals surface area contributed by atoms with Crippen LogP contribution < -0.4 is 10.5 Å². The van der Waals surface area contributed by atoms with Gasteiger partial charge in [0.05, 0.1) is 0 Å². The van der Waals surface area contributed by atoms with Crippen LogP contribution in [0.3, 0.4) is 0 Å². The second kappa shape index (κ2) is 4.09. The number of anilines is 1. The predicted octanol–water partition coefficient (Wildman–Crippen LogP) is 2.82. The molecule has 0 atom stereocenters. The van der Waals surface area contributed by atoms with Crippen LogP contribution in [0.15, 0.2) is 18.7 Å². The van der Waals surface area contributed by atoms with Crippen molar-refractivity contribution in [3.05, 3.63) is 29.8 Å². The van der Waals surface area contributed by atoms with Gasteiger partial charge >= 0.3 is 6.61 Å². The van der Waals surface area contributed by atoms with E-state index in [1.165, 1.54) is 18.2 Å². The summed E-state index contributed by atoms with van der Waals surface area (Å²) in [5, 5.41) is 0. The van der Waals surface area contributed by atoms with E-state index in [4.69, 9.17) is 5.73 Å². The predicted molar refractivity (Wildman–Crippen MR) is 52.3 cm³/mol. The Kier molecular flexibility index (Phi) is 3.06. The highest BCUT2D eigenvalue weighted by Gasteiger charge is 2.07. The molecule has 0 aliphatic rings. The number of hydrogen-bond donors (Lipinski definition) is 1. The molecule has 0 heterocycles. The van der Waals surface area contributed by atoms with Gasteiger partial charge in [0.2, 0.25) is 0 Å². The summed E-state index contributed by atoms with van der Waals surface area (Å²) in [4.78, 5) is 0. The van der Waals surface area contributed by atoms with Gasteiger partial charge in [-0.15, -0.1) is 0 Å². The van der Waals surface area contributed by atoms with Crippen molar-refractivity contribution >= 4 is 11.8 Å². The maximum atomic E-state index is 11.9. The lowest BCUT2D eigenvalue weighted by Gasteiger charge is -2.09. The molecule has 0 spiro atoms. The third kappa shape index (κ3) is 2.22. The third-order valence-electron chi connectivity index (χ3n) is 1.84. The van der Waals surface area contributed by atoms with Crippen LogP contribution >= 0.6 is 0 Å². The van der Waals surface area contributed by atoms with E-state index in [2.05, 4.69) is 11.3 Å². The molecular formula is C10H11F2NO. The first-order valence-corrected chi connectivity index (χ1v) is 4.02. The van der Waals surface area contributed by atoms with Crippen LogP contribution in [-0.4, -0.2) is 6.61 Å². The highest BCUT2D eigenvalue weighted by atomic mass is 19.3. The maximum absolute atomic E-state index is 11.9. The molecule has 0 aliphatic carbocycles. The molecule has 0 saturated heterocycles. The SMILES string of the molecule is C=Cc1cc(OC(F)F)cc(C)c1N. The molecule has 0 unspecified atom stereocenters. The number of ether oxygens (including phenoxy) is 1. The topological polar surface area (TPSA) is 35.2 Å². The number of nitrogens with two attached hydrogens (primary N) is 1. The van der Waals surface area contributed by atoms with Gasteiger partial charge in [0.25, 0.3) is 0 Å². The van der Waals surface area contributed by atoms with Gasteiger partial charge in [-0.3, -0.25) is 0 Å². The van der Waals surface area contributed by atoms with E-state index in [0.717, 1.165) is 0 Å². The number of rotatable bonds is 3. The molecule has 1 rings (SSSR count). The average molecular weight is 199 g/mol. The summed E-state index contributed by atoms with van der Waals surface area (Å²) < 4.78 is 28.1.